The highest BCUT2D eigenvalue weighted by atomic mass is 16.5. The van der Waals surface area contributed by atoms with Gasteiger partial charge in [0, 0.05) is 0 Å². The van der Waals surface area contributed by atoms with E-state index in [1.807, 2.05) is 0 Å². The van der Waals surface area contributed by atoms with Gasteiger partial charge >= 0.3 is 0 Å². The lowest BCUT2D eigenvalue weighted by molar-refractivity contribution is 0.397. The van der Waals surface area contributed by atoms with Crippen LogP contribution in [0.4, 0.5) is 0 Å². The maximum Gasteiger partial charge on any atom is 0.122 e. The van der Waals surface area contributed by atoms with Crippen LogP contribution in [0, 0.1) is 5.92 Å². The van der Waals surface area contributed by atoms with Crippen molar-refractivity contribution < 1.29 is 4.74 Å². The monoisotopic (exact) mass is 176 g/mol. The zero-order chi connectivity index (χ0) is 9.26. The average molecular weight is 176 g/mol. The van der Waals surface area contributed by atoms with Crippen LogP contribution in [0.5, 0.6) is 5.75 Å². The molecule has 0 spiro atoms. The Morgan fingerprint density at radius 2 is 2.23 bits per heavy atom. The van der Waals surface area contributed by atoms with Crippen molar-refractivity contribution in [3.8, 4) is 5.75 Å². The summed E-state index contributed by atoms with van der Waals surface area (Å²) in [6.07, 6.45) is 3.72. The summed E-state index contributed by atoms with van der Waals surface area (Å²) in [4.78, 5) is 0. The van der Waals surface area contributed by atoms with Gasteiger partial charge in [-0.3, -0.25) is 0 Å². The Labute approximate surface area is 79.7 Å². The number of rotatable bonds is 1. The van der Waals surface area contributed by atoms with Crippen LogP contribution in [0.1, 0.15) is 24.5 Å². The Balaban J connectivity index is 2.41. The molecule has 0 bridgehead atoms. The SMILES string of the molecule is COc1cccc2c1C[C@@H](C)CC2. The summed E-state index contributed by atoms with van der Waals surface area (Å²) in [5.74, 6) is 1.88. The molecule has 0 saturated carbocycles. The molecule has 0 fully saturated rings. The first-order valence-electron chi connectivity index (χ1n) is 4.96. The van der Waals surface area contributed by atoms with Gasteiger partial charge in [0.2, 0.25) is 0 Å². The van der Waals surface area contributed by atoms with Gasteiger partial charge in [0.25, 0.3) is 0 Å². The van der Waals surface area contributed by atoms with E-state index in [4.69, 9.17) is 4.74 Å². The van der Waals surface area contributed by atoms with Crippen LogP contribution in [-0.2, 0) is 12.8 Å². The molecule has 0 amide bonds. The molecule has 0 N–H and O–H groups in total. The Bertz CT molecular complexity index is 290. The van der Waals surface area contributed by atoms with Crippen molar-refractivity contribution in [3.05, 3.63) is 29.3 Å². The molecule has 1 aromatic carbocycles. The molecule has 0 aliphatic heterocycles. The van der Waals surface area contributed by atoms with Crippen LogP contribution in [0.2, 0.25) is 0 Å². The molecule has 1 heteroatoms. The number of benzene rings is 1. The fourth-order valence-corrected chi connectivity index (χ4v) is 2.12. The quantitative estimate of drug-likeness (QED) is 0.639. The number of hydrogen-bond acceptors (Lipinski definition) is 1. The summed E-state index contributed by atoms with van der Waals surface area (Å²) in [5.41, 5.74) is 2.92. The summed E-state index contributed by atoms with van der Waals surface area (Å²) in [5, 5.41) is 0. The molecule has 0 aromatic heterocycles. The number of aryl methyl sites for hydroxylation is 1. The molecule has 0 radical (unpaired) electrons. The van der Waals surface area contributed by atoms with Crippen molar-refractivity contribution >= 4 is 0 Å². The molecule has 1 atom stereocenters. The van der Waals surface area contributed by atoms with E-state index in [-0.39, 0.29) is 0 Å². The van der Waals surface area contributed by atoms with Crippen LogP contribution in [-0.4, -0.2) is 7.11 Å². The van der Waals surface area contributed by atoms with Gasteiger partial charge in [-0.25, -0.2) is 0 Å². The van der Waals surface area contributed by atoms with Gasteiger partial charge in [-0.2, -0.15) is 0 Å². The summed E-state index contributed by atoms with van der Waals surface area (Å²) in [7, 11) is 1.76. The molecule has 70 valence electrons. The lowest BCUT2D eigenvalue weighted by atomic mass is 9.84. The Kier molecular flexibility index (Phi) is 2.26. The summed E-state index contributed by atoms with van der Waals surface area (Å²) in [6.45, 7) is 2.31. The smallest absolute Gasteiger partial charge is 0.122 e. The minimum absolute atomic E-state index is 0.809. The van der Waals surface area contributed by atoms with Gasteiger partial charge in [-0.1, -0.05) is 19.1 Å². The second kappa shape index (κ2) is 3.41. The van der Waals surface area contributed by atoms with Crippen LogP contribution in [0.3, 0.4) is 0 Å². The van der Waals surface area contributed by atoms with E-state index < -0.39 is 0 Å². The first kappa shape index (κ1) is 8.61. The molecular formula is C12H16O. The van der Waals surface area contributed by atoms with E-state index in [0.717, 1.165) is 11.7 Å². The predicted octanol–water partition coefficient (Wildman–Crippen LogP) is 2.82. The second-order valence-corrected chi connectivity index (χ2v) is 3.95. The summed E-state index contributed by atoms with van der Waals surface area (Å²) < 4.78 is 5.36. The van der Waals surface area contributed by atoms with E-state index in [1.165, 1.54) is 30.4 Å². The molecule has 1 aliphatic carbocycles. The third-order valence-electron chi connectivity index (χ3n) is 2.91. The molecule has 1 aliphatic rings. The molecule has 13 heavy (non-hydrogen) atoms. The summed E-state index contributed by atoms with van der Waals surface area (Å²) in [6, 6.07) is 6.38. The number of fused-ring (bicyclic) bond motifs is 1. The van der Waals surface area contributed by atoms with Crippen molar-refractivity contribution in [2.75, 3.05) is 7.11 Å². The Hall–Kier alpha value is -0.980. The van der Waals surface area contributed by atoms with Crippen LogP contribution >= 0.6 is 0 Å². The topological polar surface area (TPSA) is 9.23 Å². The van der Waals surface area contributed by atoms with Crippen molar-refractivity contribution in [3.63, 3.8) is 0 Å². The predicted molar refractivity (Wildman–Crippen MR) is 54.2 cm³/mol. The maximum atomic E-state index is 5.36. The first-order valence-corrected chi connectivity index (χ1v) is 4.96. The fraction of sp³-hybridized carbons (Fsp3) is 0.500. The largest absolute Gasteiger partial charge is 0.496 e. The lowest BCUT2D eigenvalue weighted by Gasteiger charge is -2.23. The van der Waals surface area contributed by atoms with Gasteiger partial charge < -0.3 is 4.74 Å². The fourth-order valence-electron chi connectivity index (χ4n) is 2.12. The first-order chi connectivity index (χ1) is 6.31. The number of hydrogen-bond donors (Lipinski definition) is 0. The Morgan fingerprint density at radius 1 is 1.38 bits per heavy atom. The van der Waals surface area contributed by atoms with Crippen molar-refractivity contribution in [2.45, 2.75) is 26.2 Å². The number of methoxy groups -OCH3 is 1. The van der Waals surface area contributed by atoms with E-state index in [0.29, 0.717) is 0 Å². The van der Waals surface area contributed by atoms with E-state index in [2.05, 4.69) is 25.1 Å². The van der Waals surface area contributed by atoms with Crippen molar-refractivity contribution in [1.29, 1.82) is 0 Å². The van der Waals surface area contributed by atoms with Crippen LogP contribution in [0.25, 0.3) is 0 Å². The molecule has 0 heterocycles. The number of ether oxygens (including phenoxy) is 1. The highest BCUT2D eigenvalue weighted by Gasteiger charge is 2.17. The van der Waals surface area contributed by atoms with E-state index in [9.17, 15) is 0 Å². The highest BCUT2D eigenvalue weighted by Crippen LogP contribution is 2.31. The molecule has 0 unspecified atom stereocenters. The Morgan fingerprint density at radius 3 is 3.00 bits per heavy atom. The zero-order valence-corrected chi connectivity index (χ0v) is 8.34. The van der Waals surface area contributed by atoms with Crippen molar-refractivity contribution in [2.24, 2.45) is 5.92 Å². The average Bonchev–Trinajstić information content (AvgIpc) is 2.17. The van der Waals surface area contributed by atoms with Crippen molar-refractivity contribution in [1.82, 2.24) is 0 Å². The second-order valence-electron chi connectivity index (χ2n) is 3.95. The van der Waals surface area contributed by atoms with Gasteiger partial charge in [0.15, 0.2) is 0 Å². The van der Waals surface area contributed by atoms with Gasteiger partial charge in [0.05, 0.1) is 7.11 Å². The minimum atomic E-state index is 0.809. The molecule has 2 rings (SSSR count). The van der Waals surface area contributed by atoms with E-state index >= 15 is 0 Å². The van der Waals surface area contributed by atoms with Gasteiger partial charge in [-0.15, -0.1) is 0 Å². The van der Waals surface area contributed by atoms with Crippen LogP contribution < -0.4 is 4.74 Å². The minimum Gasteiger partial charge on any atom is -0.496 e. The van der Waals surface area contributed by atoms with Gasteiger partial charge in [-0.05, 0) is 42.4 Å². The maximum absolute atomic E-state index is 5.36. The molecule has 1 nitrogen and oxygen atoms in total. The molecular weight excluding hydrogens is 160 g/mol. The van der Waals surface area contributed by atoms with Crippen LogP contribution in [0.15, 0.2) is 18.2 Å². The highest BCUT2D eigenvalue weighted by molar-refractivity contribution is 5.41. The standard InChI is InChI=1S/C12H16O/c1-9-6-7-10-4-3-5-12(13-2)11(10)8-9/h3-5,9H,6-8H2,1-2H3/t9-/m0/s1. The third-order valence-corrected chi connectivity index (χ3v) is 2.91. The normalized spacial score (nSPS) is 20.9. The summed E-state index contributed by atoms with van der Waals surface area (Å²) >= 11 is 0. The zero-order valence-electron chi connectivity index (χ0n) is 8.34. The molecule has 1 aromatic rings. The lowest BCUT2D eigenvalue weighted by Crippen LogP contribution is -2.12. The third kappa shape index (κ3) is 1.55. The van der Waals surface area contributed by atoms with E-state index in [1.54, 1.807) is 7.11 Å². The van der Waals surface area contributed by atoms with Gasteiger partial charge in [0.1, 0.15) is 5.75 Å². The molecule has 0 saturated heterocycles.